The summed E-state index contributed by atoms with van der Waals surface area (Å²) in [6.45, 7) is 12.6. The Labute approximate surface area is 179 Å². The van der Waals surface area contributed by atoms with Gasteiger partial charge in [-0.25, -0.2) is 13.8 Å². The fourth-order valence-corrected chi connectivity index (χ4v) is 4.36. The molecule has 0 aliphatic heterocycles. The summed E-state index contributed by atoms with van der Waals surface area (Å²) in [5.41, 5.74) is 1.27. The first kappa shape index (κ1) is 22.3. The van der Waals surface area contributed by atoms with E-state index in [1.165, 1.54) is 6.07 Å². The summed E-state index contributed by atoms with van der Waals surface area (Å²) in [5.74, 6) is -1.65. The van der Waals surface area contributed by atoms with Crippen LogP contribution in [-0.4, -0.2) is 51.8 Å². The second-order valence-electron chi connectivity index (χ2n) is 7.42. The fourth-order valence-electron chi connectivity index (χ4n) is 3.33. The molecule has 0 saturated heterocycles. The average Bonchev–Trinajstić information content (AvgIpc) is 3.28. The normalized spacial score (nSPS) is 11.8. The largest absolute Gasteiger partial charge is 0.302 e. The highest BCUT2D eigenvalue weighted by Crippen LogP contribution is 2.32. The number of rotatable bonds is 8. The highest BCUT2D eigenvalue weighted by Gasteiger charge is 2.26. The highest BCUT2D eigenvalue weighted by molar-refractivity contribution is 7.22. The van der Waals surface area contributed by atoms with Crippen molar-refractivity contribution in [2.24, 2.45) is 0 Å². The van der Waals surface area contributed by atoms with E-state index in [9.17, 15) is 13.6 Å². The first-order chi connectivity index (χ1) is 14.2. The van der Waals surface area contributed by atoms with Crippen LogP contribution < -0.4 is 4.90 Å². The molecule has 0 spiro atoms. The molecule has 2 aromatic heterocycles. The van der Waals surface area contributed by atoms with Gasteiger partial charge in [0.1, 0.15) is 17.0 Å². The molecule has 6 nitrogen and oxygen atoms in total. The summed E-state index contributed by atoms with van der Waals surface area (Å²) in [4.78, 5) is 21.6. The predicted octanol–water partition coefficient (Wildman–Crippen LogP) is 4.65. The fraction of sp³-hybridized carbons (Fsp3) is 0.476. The summed E-state index contributed by atoms with van der Waals surface area (Å²) in [6.07, 6.45) is 0. The molecule has 0 unspecified atom stereocenters. The summed E-state index contributed by atoms with van der Waals surface area (Å²) in [6, 6.07) is 3.81. The van der Waals surface area contributed by atoms with Gasteiger partial charge >= 0.3 is 0 Å². The Bertz CT molecular complexity index is 1040. The third kappa shape index (κ3) is 4.52. The van der Waals surface area contributed by atoms with E-state index in [1.807, 2.05) is 20.8 Å². The number of hydrogen-bond acceptors (Lipinski definition) is 5. The Hall–Kier alpha value is -2.39. The molecule has 0 aliphatic carbocycles. The molecule has 162 valence electrons. The number of aromatic nitrogens is 3. The molecule has 0 atom stereocenters. The summed E-state index contributed by atoms with van der Waals surface area (Å²) < 4.78 is 29.9. The van der Waals surface area contributed by atoms with Gasteiger partial charge in [-0.15, -0.1) is 0 Å². The Morgan fingerprint density at radius 3 is 2.50 bits per heavy atom. The lowest BCUT2D eigenvalue weighted by molar-refractivity contribution is 0.0971. The Kier molecular flexibility index (Phi) is 6.82. The molecule has 0 radical (unpaired) electrons. The average molecular weight is 436 g/mol. The smallest absolute Gasteiger partial charge is 0.278 e. The monoisotopic (exact) mass is 435 g/mol. The zero-order valence-electron chi connectivity index (χ0n) is 17.9. The van der Waals surface area contributed by atoms with Crippen molar-refractivity contribution < 1.29 is 13.6 Å². The number of amides is 1. The van der Waals surface area contributed by atoms with E-state index in [2.05, 4.69) is 28.8 Å². The number of carbonyl (C=O) groups is 1. The van der Waals surface area contributed by atoms with Crippen molar-refractivity contribution in [1.82, 2.24) is 19.7 Å². The van der Waals surface area contributed by atoms with Crippen molar-refractivity contribution in [3.8, 4) is 0 Å². The van der Waals surface area contributed by atoms with Crippen molar-refractivity contribution >= 4 is 32.6 Å². The van der Waals surface area contributed by atoms with Gasteiger partial charge < -0.3 is 4.90 Å². The molecule has 30 heavy (non-hydrogen) atoms. The van der Waals surface area contributed by atoms with Crippen molar-refractivity contribution in [2.45, 2.75) is 40.7 Å². The maximum absolute atomic E-state index is 14.2. The second kappa shape index (κ2) is 9.18. The standard InChI is InChI=1S/C21H27F2N5OS/c1-6-26(7-2)8-9-27(20(29)17-10-14(5)25-28(17)13(3)4)21-24-19-16(23)11-15(22)12-18(19)30-21/h10-13H,6-9H2,1-5H3. The minimum Gasteiger partial charge on any atom is -0.302 e. The lowest BCUT2D eigenvalue weighted by Crippen LogP contribution is -2.39. The van der Waals surface area contributed by atoms with Crippen molar-refractivity contribution in [1.29, 1.82) is 0 Å². The molecule has 0 aliphatic rings. The Morgan fingerprint density at radius 2 is 1.87 bits per heavy atom. The van der Waals surface area contributed by atoms with E-state index in [0.29, 0.717) is 28.6 Å². The minimum atomic E-state index is -0.730. The maximum Gasteiger partial charge on any atom is 0.278 e. The SMILES string of the molecule is CCN(CC)CCN(C(=O)c1cc(C)nn1C(C)C)c1nc2c(F)cc(F)cc2s1. The van der Waals surface area contributed by atoms with Crippen LogP contribution in [0.5, 0.6) is 0 Å². The maximum atomic E-state index is 14.2. The van der Waals surface area contributed by atoms with Crippen LogP contribution in [0.4, 0.5) is 13.9 Å². The molecule has 3 aromatic rings. The van der Waals surface area contributed by atoms with Gasteiger partial charge in [-0.05, 0) is 46.0 Å². The summed E-state index contributed by atoms with van der Waals surface area (Å²) in [5, 5.41) is 4.78. The lowest BCUT2D eigenvalue weighted by atomic mass is 10.3. The van der Waals surface area contributed by atoms with Gasteiger partial charge in [0.2, 0.25) is 0 Å². The molecule has 1 amide bonds. The molecule has 0 saturated carbocycles. The molecular weight excluding hydrogens is 408 g/mol. The van der Waals surface area contributed by atoms with E-state index in [4.69, 9.17) is 0 Å². The van der Waals surface area contributed by atoms with E-state index in [1.54, 1.807) is 15.6 Å². The first-order valence-corrected chi connectivity index (χ1v) is 10.9. The van der Waals surface area contributed by atoms with Crippen LogP contribution in [0.2, 0.25) is 0 Å². The number of halogens is 2. The number of anilines is 1. The topological polar surface area (TPSA) is 54.3 Å². The van der Waals surface area contributed by atoms with E-state index in [-0.39, 0.29) is 17.5 Å². The van der Waals surface area contributed by atoms with Crippen molar-refractivity contribution in [2.75, 3.05) is 31.1 Å². The number of fused-ring (bicyclic) bond motifs is 1. The molecular formula is C21H27F2N5OS. The third-order valence-electron chi connectivity index (χ3n) is 4.98. The van der Waals surface area contributed by atoms with Crippen molar-refractivity contribution in [3.05, 3.63) is 41.2 Å². The molecule has 1 aromatic carbocycles. The zero-order chi connectivity index (χ0) is 22.0. The van der Waals surface area contributed by atoms with Crippen LogP contribution in [0.3, 0.4) is 0 Å². The number of thiazole rings is 1. The van der Waals surface area contributed by atoms with Crippen LogP contribution in [0.1, 0.15) is 49.9 Å². The first-order valence-electron chi connectivity index (χ1n) is 10.1. The molecule has 9 heteroatoms. The van der Waals surface area contributed by atoms with Gasteiger partial charge in [0, 0.05) is 25.2 Å². The number of nitrogens with zero attached hydrogens (tertiary/aromatic N) is 5. The molecule has 3 rings (SSSR count). The molecule has 2 heterocycles. The lowest BCUT2D eigenvalue weighted by Gasteiger charge is -2.25. The number of aryl methyl sites for hydroxylation is 1. The number of likely N-dealkylation sites (N-methyl/N-ethyl adjacent to an activating group) is 1. The van der Waals surface area contributed by atoms with Gasteiger partial charge in [0.15, 0.2) is 10.9 Å². The quantitative estimate of drug-likeness (QED) is 0.517. The number of benzene rings is 1. The Balaban J connectivity index is 2.05. The van der Waals surface area contributed by atoms with Crippen LogP contribution in [0.15, 0.2) is 18.2 Å². The highest BCUT2D eigenvalue weighted by atomic mass is 32.1. The number of hydrogen-bond donors (Lipinski definition) is 0. The zero-order valence-corrected chi connectivity index (χ0v) is 18.8. The van der Waals surface area contributed by atoms with Crippen LogP contribution in [0, 0.1) is 18.6 Å². The molecule has 0 N–H and O–H groups in total. The summed E-state index contributed by atoms with van der Waals surface area (Å²) in [7, 11) is 0. The van der Waals surface area contributed by atoms with E-state index >= 15 is 0 Å². The van der Waals surface area contributed by atoms with Gasteiger partial charge in [-0.2, -0.15) is 5.10 Å². The predicted molar refractivity (Wildman–Crippen MR) is 116 cm³/mol. The molecule has 0 fully saturated rings. The van der Waals surface area contributed by atoms with Gasteiger partial charge in [-0.3, -0.25) is 14.4 Å². The van der Waals surface area contributed by atoms with Gasteiger partial charge in [-0.1, -0.05) is 25.2 Å². The van der Waals surface area contributed by atoms with Gasteiger partial charge in [0.25, 0.3) is 5.91 Å². The third-order valence-corrected chi connectivity index (χ3v) is 6.00. The Morgan fingerprint density at radius 1 is 1.17 bits per heavy atom. The van der Waals surface area contributed by atoms with Gasteiger partial charge in [0.05, 0.1) is 10.4 Å². The molecule has 0 bridgehead atoms. The van der Waals surface area contributed by atoms with Crippen LogP contribution in [0.25, 0.3) is 10.2 Å². The number of carbonyl (C=O) groups excluding carboxylic acids is 1. The van der Waals surface area contributed by atoms with E-state index < -0.39 is 11.6 Å². The minimum absolute atomic E-state index is 0.00388. The van der Waals surface area contributed by atoms with E-state index in [0.717, 1.165) is 36.2 Å². The van der Waals surface area contributed by atoms with Crippen LogP contribution in [-0.2, 0) is 0 Å². The van der Waals surface area contributed by atoms with Crippen LogP contribution >= 0.6 is 11.3 Å². The van der Waals surface area contributed by atoms with Crippen molar-refractivity contribution in [3.63, 3.8) is 0 Å². The second-order valence-corrected chi connectivity index (χ2v) is 8.43. The summed E-state index contributed by atoms with van der Waals surface area (Å²) >= 11 is 1.11.